The fourth-order valence-corrected chi connectivity index (χ4v) is 1.44. The molecule has 0 aliphatic carbocycles. The third kappa shape index (κ3) is 5.76. The fourth-order valence-electron chi connectivity index (χ4n) is 1.04. The van der Waals surface area contributed by atoms with Gasteiger partial charge in [0.25, 0.3) is 10.1 Å². The summed E-state index contributed by atoms with van der Waals surface area (Å²) in [4.78, 5) is 0. The molecule has 2 fully saturated rings. The summed E-state index contributed by atoms with van der Waals surface area (Å²) >= 11 is 0. The smallest absolute Gasteiger partial charge is 0.264 e. The third-order valence-corrected chi connectivity index (χ3v) is 2.82. The first-order valence-electron chi connectivity index (χ1n) is 5.19. The van der Waals surface area contributed by atoms with Crippen molar-refractivity contribution in [1.29, 1.82) is 0 Å². The topological polar surface area (TPSA) is 82.1 Å². The Labute approximate surface area is 95.6 Å². The Morgan fingerprint density at radius 1 is 1.25 bits per heavy atom. The highest BCUT2D eigenvalue weighted by molar-refractivity contribution is 7.85. The van der Waals surface area contributed by atoms with Gasteiger partial charge in [-0.25, -0.2) is 0 Å². The Morgan fingerprint density at radius 2 is 1.75 bits per heavy atom. The van der Waals surface area contributed by atoms with E-state index < -0.39 is 10.1 Å². The molecule has 0 aromatic carbocycles. The van der Waals surface area contributed by atoms with Crippen molar-refractivity contribution < 1.29 is 27.2 Å². The molecule has 16 heavy (non-hydrogen) atoms. The van der Waals surface area contributed by atoms with Crippen LogP contribution in [0.2, 0.25) is 0 Å². The second-order valence-corrected chi connectivity index (χ2v) is 5.38. The third-order valence-electron chi connectivity index (χ3n) is 2.26. The van der Waals surface area contributed by atoms with Crippen LogP contribution in [0.15, 0.2) is 0 Å². The zero-order valence-electron chi connectivity index (χ0n) is 9.29. The van der Waals surface area contributed by atoms with Gasteiger partial charge in [0, 0.05) is 13.2 Å². The molecule has 1 N–H and O–H groups in total. The van der Waals surface area contributed by atoms with E-state index in [1.807, 2.05) is 0 Å². The Kier molecular flexibility index (Phi) is 5.63. The zero-order chi connectivity index (χ0) is 12.0. The van der Waals surface area contributed by atoms with E-state index in [-0.39, 0.29) is 25.4 Å². The van der Waals surface area contributed by atoms with E-state index in [1.54, 1.807) is 0 Å². The molecule has 0 unspecified atom stereocenters. The molecule has 0 bridgehead atoms. The Morgan fingerprint density at radius 3 is 1.94 bits per heavy atom. The first-order valence-corrected chi connectivity index (χ1v) is 7.01. The van der Waals surface area contributed by atoms with Gasteiger partial charge in [0.1, 0.15) is 0 Å². The van der Waals surface area contributed by atoms with Gasteiger partial charge in [-0.3, -0.25) is 4.18 Å². The fraction of sp³-hybridized carbons (Fsp3) is 1.00. The normalized spacial score (nSPS) is 28.4. The number of aliphatic hydroxyl groups excluding tert-OH is 1. The predicted octanol–water partition coefficient (Wildman–Crippen LogP) is -0.481. The molecule has 2 heterocycles. The quantitative estimate of drug-likeness (QED) is 0.682. The lowest BCUT2D eigenvalue weighted by molar-refractivity contribution is -0.0773. The van der Waals surface area contributed by atoms with Crippen LogP contribution >= 0.6 is 0 Å². The number of hydrogen-bond donors (Lipinski definition) is 1. The van der Waals surface area contributed by atoms with Crippen molar-refractivity contribution in [3.63, 3.8) is 0 Å². The molecule has 96 valence electrons. The second kappa shape index (κ2) is 6.51. The lowest BCUT2D eigenvalue weighted by atomic mass is 10.2. The largest absolute Gasteiger partial charge is 0.394 e. The molecule has 2 rings (SSSR count). The predicted molar refractivity (Wildman–Crippen MR) is 56.6 cm³/mol. The summed E-state index contributed by atoms with van der Waals surface area (Å²) in [6.45, 7) is 1.92. The number of ether oxygens (including phenoxy) is 2. The van der Waals surface area contributed by atoms with Gasteiger partial charge in [0.15, 0.2) is 0 Å². The molecule has 2 aliphatic rings. The van der Waals surface area contributed by atoms with Crippen LogP contribution in [-0.4, -0.2) is 58.4 Å². The van der Waals surface area contributed by atoms with Crippen LogP contribution in [0.25, 0.3) is 0 Å². The Balaban J connectivity index is 0.000000181. The van der Waals surface area contributed by atoms with Gasteiger partial charge < -0.3 is 14.6 Å². The van der Waals surface area contributed by atoms with Crippen LogP contribution in [0, 0.1) is 0 Å². The van der Waals surface area contributed by atoms with Crippen LogP contribution in [0.4, 0.5) is 0 Å². The summed E-state index contributed by atoms with van der Waals surface area (Å²) < 4.78 is 35.0. The van der Waals surface area contributed by atoms with Gasteiger partial charge in [-0.05, 0) is 12.8 Å². The van der Waals surface area contributed by atoms with Crippen LogP contribution in [0.3, 0.4) is 0 Å². The van der Waals surface area contributed by atoms with Gasteiger partial charge in [-0.2, -0.15) is 8.42 Å². The van der Waals surface area contributed by atoms with Gasteiger partial charge in [0.05, 0.1) is 31.7 Å². The Bertz CT molecular complexity index is 278. The van der Waals surface area contributed by atoms with Crippen LogP contribution in [0.5, 0.6) is 0 Å². The van der Waals surface area contributed by atoms with Crippen molar-refractivity contribution in [1.82, 2.24) is 0 Å². The summed E-state index contributed by atoms with van der Waals surface area (Å²) in [5.41, 5.74) is 0. The van der Waals surface area contributed by atoms with Crippen molar-refractivity contribution in [2.45, 2.75) is 25.0 Å². The minimum absolute atomic E-state index is 0.00488. The monoisotopic (exact) mass is 254 g/mol. The molecular formula is C9H18O6S. The SMILES string of the molecule is CS(=O)(=O)OC[C@@H]1CCO1.OC[C@@H]1CCO1. The zero-order valence-corrected chi connectivity index (χ0v) is 10.1. The number of aliphatic hydroxyl groups is 1. The van der Waals surface area contributed by atoms with Crippen molar-refractivity contribution in [3.05, 3.63) is 0 Å². The molecule has 6 nitrogen and oxygen atoms in total. The van der Waals surface area contributed by atoms with Gasteiger partial charge in [0.2, 0.25) is 0 Å². The summed E-state index contributed by atoms with van der Waals surface area (Å²) in [6.07, 6.45) is 3.14. The summed E-state index contributed by atoms with van der Waals surface area (Å²) in [7, 11) is -3.28. The summed E-state index contributed by atoms with van der Waals surface area (Å²) in [5.74, 6) is 0. The maximum atomic E-state index is 10.4. The summed E-state index contributed by atoms with van der Waals surface area (Å²) in [6, 6.07) is 0. The van der Waals surface area contributed by atoms with E-state index in [9.17, 15) is 8.42 Å². The van der Waals surface area contributed by atoms with Gasteiger partial charge >= 0.3 is 0 Å². The average Bonchev–Trinajstić information content (AvgIpc) is 1.97. The lowest BCUT2D eigenvalue weighted by Crippen LogP contribution is -2.32. The number of hydrogen-bond acceptors (Lipinski definition) is 6. The molecular weight excluding hydrogens is 236 g/mol. The minimum Gasteiger partial charge on any atom is -0.394 e. The average molecular weight is 254 g/mol. The number of rotatable bonds is 4. The molecule has 2 aliphatic heterocycles. The maximum absolute atomic E-state index is 10.4. The van der Waals surface area contributed by atoms with Gasteiger partial charge in [-0.15, -0.1) is 0 Å². The molecule has 2 saturated heterocycles. The van der Waals surface area contributed by atoms with Crippen LogP contribution < -0.4 is 0 Å². The second-order valence-electron chi connectivity index (χ2n) is 3.73. The highest BCUT2D eigenvalue weighted by atomic mass is 32.2. The molecule has 0 aromatic rings. The first kappa shape index (κ1) is 13.9. The summed E-state index contributed by atoms with van der Waals surface area (Å²) in [5, 5.41) is 8.26. The van der Waals surface area contributed by atoms with E-state index in [4.69, 9.17) is 14.6 Å². The van der Waals surface area contributed by atoms with Crippen LogP contribution in [0.1, 0.15) is 12.8 Å². The van der Waals surface area contributed by atoms with Crippen molar-refractivity contribution in [2.24, 2.45) is 0 Å². The molecule has 0 spiro atoms. The minimum atomic E-state index is -3.28. The van der Waals surface area contributed by atoms with Crippen molar-refractivity contribution >= 4 is 10.1 Å². The van der Waals surface area contributed by atoms with E-state index >= 15 is 0 Å². The molecule has 0 amide bonds. The maximum Gasteiger partial charge on any atom is 0.264 e. The molecule has 7 heteroatoms. The standard InChI is InChI=1S/C5H10O4S.C4H8O2/c1-10(6,7)9-4-5-2-3-8-5;5-3-4-1-2-6-4/h5H,2-4H2,1H3;4-5H,1-3H2/t5-;4-/m00/s1. The van der Waals surface area contributed by atoms with E-state index in [0.717, 1.165) is 32.3 Å². The van der Waals surface area contributed by atoms with E-state index in [0.29, 0.717) is 0 Å². The van der Waals surface area contributed by atoms with Crippen molar-refractivity contribution in [2.75, 3.05) is 32.7 Å². The van der Waals surface area contributed by atoms with Crippen LogP contribution in [-0.2, 0) is 23.8 Å². The molecule has 0 aromatic heterocycles. The lowest BCUT2D eigenvalue weighted by Gasteiger charge is -2.25. The first-order chi connectivity index (χ1) is 7.51. The van der Waals surface area contributed by atoms with E-state index in [1.165, 1.54) is 0 Å². The molecule has 0 radical (unpaired) electrons. The van der Waals surface area contributed by atoms with Crippen molar-refractivity contribution in [3.8, 4) is 0 Å². The molecule has 0 saturated carbocycles. The van der Waals surface area contributed by atoms with E-state index in [2.05, 4.69) is 4.18 Å². The molecule has 2 atom stereocenters. The Hall–Kier alpha value is -0.210. The highest BCUT2D eigenvalue weighted by Gasteiger charge is 2.19. The highest BCUT2D eigenvalue weighted by Crippen LogP contribution is 2.11. The van der Waals surface area contributed by atoms with Gasteiger partial charge in [-0.1, -0.05) is 0 Å².